The zero-order valence-corrected chi connectivity index (χ0v) is 12.5. The van der Waals surface area contributed by atoms with Crippen molar-refractivity contribution in [1.29, 1.82) is 0 Å². The zero-order valence-electron chi connectivity index (χ0n) is 12.5. The maximum atomic E-state index is 12.5. The first-order chi connectivity index (χ1) is 11.3. The van der Waals surface area contributed by atoms with Crippen molar-refractivity contribution in [2.75, 3.05) is 37.8 Å². The van der Waals surface area contributed by atoms with Gasteiger partial charge in [-0.05, 0) is 18.2 Å². The molecule has 3 aliphatic rings. The van der Waals surface area contributed by atoms with Gasteiger partial charge < -0.3 is 20.3 Å². The van der Waals surface area contributed by atoms with Crippen LogP contribution in [-0.4, -0.2) is 56.5 Å². The van der Waals surface area contributed by atoms with Crippen LogP contribution in [-0.2, 0) is 14.4 Å². The highest BCUT2D eigenvalue weighted by Gasteiger charge is 2.54. The number of amides is 2. The minimum atomic E-state index is -0.401. The molecule has 0 spiro atoms. The second-order valence-corrected chi connectivity index (χ2v) is 5.68. The number of rotatable bonds is 5. The molecule has 1 aromatic carbocycles. The average molecular weight is 318 g/mol. The summed E-state index contributed by atoms with van der Waals surface area (Å²) in [4.78, 5) is 30.4. The molecule has 2 atom stereocenters. The van der Waals surface area contributed by atoms with Crippen LogP contribution in [0.15, 0.2) is 18.2 Å². The minimum Gasteiger partial charge on any atom is -0.369 e. The molecule has 3 aliphatic heterocycles. The summed E-state index contributed by atoms with van der Waals surface area (Å²) in [5.74, 6) is -0.238. The van der Waals surface area contributed by atoms with E-state index in [0.717, 1.165) is 37.4 Å². The molecule has 4 rings (SSSR count). The van der Waals surface area contributed by atoms with E-state index in [1.165, 1.54) is 5.06 Å². The molecule has 8 nitrogen and oxygen atoms in total. The smallest absolute Gasteiger partial charge is 0.280 e. The molecular formula is C15H18N4O4. The number of benzene rings is 1. The molecule has 2 fully saturated rings. The number of carbonyl (C=O) groups excluding carboxylic acids is 2. The van der Waals surface area contributed by atoms with Crippen LogP contribution in [0.3, 0.4) is 0 Å². The fourth-order valence-electron chi connectivity index (χ4n) is 3.12. The van der Waals surface area contributed by atoms with Crippen LogP contribution < -0.4 is 15.5 Å². The van der Waals surface area contributed by atoms with Gasteiger partial charge in [0.2, 0.25) is 6.41 Å². The summed E-state index contributed by atoms with van der Waals surface area (Å²) in [6.07, 6.45) is -0.0311. The number of hydrogen-bond donors (Lipinski definition) is 2. The summed E-state index contributed by atoms with van der Waals surface area (Å²) in [6.45, 7) is 3.77. The number of hydrogen-bond acceptors (Lipinski definition) is 6. The van der Waals surface area contributed by atoms with Gasteiger partial charge in [0, 0.05) is 43.0 Å². The van der Waals surface area contributed by atoms with Crippen LogP contribution in [0.5, 0.6) is 0 Å². The standard InChI is InChI=1S/C15H18N4O4/c20-8-17-9-22-19-14(21)11-2-1-10(18-5-3-16-4-6-18)7-12(11)13-15(19)23-13/h1-2,7-8,13,15-16H,3-6,9H2,(H,17,20). The normalized spacial score (nSPS) is 25.7. The Morgan fingerprint density at radius 3 is 3.00 bits per heavy atom. The van der Waals surface area contributed by atoms with Gasteiger partial charge in [-0.25, -0.2) is 4.84 Å². The molecule has 1 aromatic rings. The van der Waals surface area contributed by atoms with E-state index in [0.29, 0.717) is 12.0 Å². The first kappa shape index (κ1) is 14.4. The van der Waals surface area contributed by atoms with Crippen LogP contribution in [0.25, 0.3) is 0 Å². The summed E-state index contributed by atoms with van der Waals surface area (Å²) < 4.78 is 5.59. The molecule has 0 aliphatic carbocycles. The second-order valence-electron chi connectivity index (χ2n) is 5.68. The lowest BCUT2D eigenvalue weighted by Gasteiger charge is -2.31. The van der Waals surface area contributed by atoms with Gasteiger partial charge in [0.05, 0.1) is 0 Å². The second kappa shape index (κ2) is 5.80. The Kier molecular flexibility index (Phi) is 3.64. The number of hydroxylamine groups is 2. The molecule has 2 unspecified atom stereocenters. The number of epoxide rings is 1. The van der Waals surface area contributed by atoms with Gasteiger partial charge in [-0.3, -0.25) is 9.59 Å². The van der Waals surface area contributed by atoms with Gasteiger partial charge in [-0.2, -0.15) is 5.06 Å². The van der Waals surface area contributed by atoms with Gasteiger partial charge in [0.15, 0.2) is 6.23 Å². The molecule has 0 aromatic heterocycles. The molecule has 122 valence electrons. The first-order valence-corrected chi connectivity index (χ1v) is 7.68. The van der Waals surface area contributed by atoms with Crippen LogP contribution in [0.2, 0.25) is 0 Å². The maximum absolute atomic E-state index is 12.5. The molecule has 0 saturated carbocycles. The van der Waals surface area contributed by atoms with Gasteiger partial charge in [-0.15, -0.1) is 0 Å². The van der Waals surface area contributed by atoms with Crippen LogP contribution in [0.4, 0.5) is 5.69 Å². The highest BCUT2D eigenvalue weighted by Crippen LogP contribution is 2.47. The summed E-state index contributed by atoms with van der Waals surface area (Å²) in [5.41, 5.74) is 2.62. The van der Waals surface area contributed by atoms with Gasteiger partial charge >= 0.3 is 0 Å². The van der Waals surface area contributed by atoms with Crippen molar-refractivity contribution in [1.82, 2.24) is 15.7 Å². The maximum Gasteiger partial charge on any atom is 0.280 e. The predicted octanol–water partition coefficient (Wildman–Crippen LogP) is -0.415. The molecule has 8 heteroatoms. The Morgan fingerprint density at radius 2 is 2.22 bits per heavy atom. The predicted molar refractivity (Wildman–Crippen MR) is 80.5 cm³/mol. The summed E-state index contributed by atoms with van der Waals surface area (Å²) in [7, 11) is 0. The van der Waals surface area contributed by atoms with E-state index in [-0.39, 0.29) is 18.7 Å². The third-order valence-corrected chi connectivity index (χ3v) is 4.32. The molecule has 23 heavy (non-hydrogen) atoms. The van der Waals surface area contributed by atoms with Crippen molar-refractivity contribution in [2.45, 2.75) is 12.3 Å². The Bertz CT molecular complexity index is 632. The fraction of sp³-hybridized carbons (Fsp3) is 0.467. The van der Waals surface area contributed by atoms with E-state index >= 15 is 0 Å². The number of carbonyl (C=O) groups is 2. The molecule has 3 heterocycles. The van der Waals surface area contributed by atoms with E-state index in [1.54, 1.807) is 0 Å². The number of ether oxygens (including phenoxy) is 1. The lowest BCUT2D eigenvalue weighted by atomic mass is 9.99. The summed E-state index contributed by atoms with van der Waals surface area (Å²) in [6, 6.07) is 5.84. The van der Waals surface area contributed by atoms with E-state index < -0.39 is 6.23 Å². The number of nitrogens with one attached hydrogen (secondary N) is 2. The summed E-state index contributed by atoms with van der Waals surface area (Å²) >= 11 is 0. The molecule has 2 amide bonds. The van der Waals surface area contributed by atoms with Crippen molar-refractivity contribution in [3.63, 3.8) is 0 Å². The SMILES string of the molecule is O=CNCON1C(=O)c2ccc(N3CCNCC3)cc2C2OC21. The van der Waals surface area contributed by atoms with Crippen LogP contribution in [0, 0.1) is 0 Å². The third-order valence-electron chi connectivity index (χ3n) is 4.32. The Labute approximate surface area is 133 Å². The topological polar surface area (TPSA) is 86.4 Å². The van der Waals surface area contributed by atoms with Crippen molar-refractivity contribution in [2.24, 2.45) is 0 Å². The van der Waals surface area contributed by atoms with Crippen molar-refractivity contribution >= 4 is 18.0 Å². The Morgan fingerprint density at radius 1 is 1.39 bits per heavy atom. The number of piperazine rings is 1. The largest absolute Gasteiger partial charge is 0.369 e. The average Bonchev–Trinajstić information content (AvgIpc) is 3.39. The van der Waals surface area contributed by atoms with Gasteiger partial charge in [-0.1, -0.05) is 0 Å². The first-order valence-electron chi connectivity index (χ1n) is 7.68. The number of anilines is 1. The van der Waals surface area contributed by atoms with Gasteiger partial charge in [0.1, 0.15) is 12.8 Å². The van der Waals surface area contributed by atoms with Crippen LogP contribution in [0.1, 0.15) is 22.0 Å². The Hall–Kier alpha value is -2.16. The quantitative estimate of drug-likeness (QED) is 0.332. The highest BCUT2D eigenvalue weighted by atomic mass is 16.8. The monoisotopic (exact) mass is 318 g/mol. The van der Waals surface area contributed by atoms with E-state index in [2.05, 4.69) is 15.5 Å². The molecular weight excluding hydrogens is 300 g/mol. The van der Waals surface area contributed by atoms with Crippen molar-refractivity contribution in [3.05, 3.63) is 29.3 Å². The van der Waals surface area contributed by atoms with Crippen molar-refractivity contribution < 1.29 is 19.2 Å². The number of nitrogens with zero attached hydrogens (tertiary/aromatic N) is 2. The lowest BCUT2D eigenvalue weighted by molar-refractivity contribution is -0.155. The number of fused-ring (bicyclic) bond motifs is 3. The molecule has 0 bridgehead atoms. The highest BCUT2D eigenvalue weighted by molar-refractivity contribution is 5.97. The molecule has 2 saturated heterocycles. The molecule has 0 radical (unpaired) electrons. The van der Waals surface area contributed by atoms with E-state index in [1.807, 2.05) is 18.2 Å². The zero-order chi connectivity index (χ0) is 15.8. The third kappa shape index (κ3) is 2.54. The fourth-order valence-corrected chi connectivity index (χ4v) is 3.12. The Balaban J connectivity index is 1.55. The van der Waals surface area contributed by atoms with Crippen LogP contribution >= 0.6 is 0 Å². The molecule has 2 N–H and O–H groups in total. The van der Waals surface area contributed by atoms with E-state index in [4.69, 9.17) is 9.57 Å². The summed E-state index contributed by atoms with van der Waals surface area (Å²) in [5, 5.41) is 6.90. The lowest BCUT2D eigenvalue weighted by Crippen LogP contribution is -2.43. The van der Waals surface area contributed by atoms with E-state index in [9.17, 15) is 9.59 Å². The minimum absolute atomic E-state index is 0.0595. The van der Waals surface area contributed by atoms with Gasteiger partial charge in [0.25, 0.3) is 5.91 Å². The van der Waals surface area contributed by atoms with Crippen molar-refractivity contribution in [3.8, 4) is 0 Å².